The van der Waals surface area contributed by atoms with E-state index < -0.39 is 10.0 Å². The van der Waals surface area contributed by atoms with Crippen LogP contribution in [0.15, 0.2) is 48.5 Å². The van der Waals surface area contributed by atoms with E-state index in [4.69, 9.17) is 23.2 Å². The third kappa shape index (κ3) is 4.13. The van der Waals surface area contributed by atoms with Crippen molar-refractivity contribution in [3.8, 4) is 0 Å². The van der Waals surface area contributed by atoms with Gasteiger partial charge in [-0.25, -0.2) is 8.42 Å². The van der Waals surface area contributed by atoms with Crippen molar-refractivity contribution >= 4 is 38.9 Å². The average molecular weight is 316 g/mol. The molecule has 0 unspecified atom stereocenters. The Bertz CT molecular complexity index is 672. The molecule has 0 amide bonds. The summed E-state index contributed by atoms with van der Waals surface area (Å²) in [6.45, 7) is 0. The van der Waals surface area contributed by atoms with E-state index in [1.165, 1.54) is 6.07 Å². The lowest BCUT2D eigenvalue weighted by atomic mass is 10.2. The van der Waals surface area contributed by atoms with Gasteiger partial charge in [0.05, 0.1) is 16.5 Å². The molecule has 0 aliphatic carbocycles. The summed E-state index contributed by atoms with van der Waals surface area (Å²) < 4.78 is 26.5. The van der Waals surface area contributed by atoms with Crippen molar-refractivity contribution in [3.63, 3.8) is 0 Å². The summed E-state index contributed by atoms with van der Waals surface area (Å²) in [7, 11) is -3.52. The van der Waals surface area contributed by atoms with Gasteiger partial charge in [-0.2, -0.15) is 0 Å². The molecule has 0 radical (unpaired) electrons. The zero-order valence-electron chi connectivity index (χ0n) is 9.81. The molecule has 2 aromatic rings. The van der Waals surface area contributed by atoms with Crippen molar-refractivity contribution in [1.82, 2.24) is 0 Å². The third-order valence-corrected chi connectivity index (χ3v) is 4.20. The summed E-state index contributed by atoms with van der Waals surface area (Å²) in [5.41, 5.74) is 0.984. The molecule has 0 fully saturated rings. The minimum Gasteiger partial charge on any atom is -0.282 e. The number of hydrogen-bond acceptors (Lipinski definition) is 2. The largest absolute Gasteiger partial charge is 0.282 e. The summed E-state index contributed by atoms with van der Waals surface area (Å²) in [5, 5.41) is 0.725. The Kier molecular flexibility index (Phi) is 4.34. The van der Waals surface area contributed by atoms with E-state index in [-0.39, 0.29) is 11.4 Å². The van der Waals surface area contributed by atoms with Crippen LogP contribution in [0, 0.1) is 0 Å². The summed E-state index contributed by atoms with van der Waals surface area (Å²) in [5.74, 6) is -0.114. The van der Waals surface area contributed by atoms with Crippen LogP contribution in [0.3, 0.4) is 0 Å². The number of rotatable bonds is 4. The summed E-state index contributed by atoms with van der Waals surface area (Å²) in [4.78, 5) is 0. The molecule has 3 nitrogen and oxygen atoms in total. The zero-order valence-corrected chi connectivity index (χ0v) is 12.1. The van der Waals surface area contributed by atoms with Crippen molar-refractivity contribution in [1.29, 1.82) is 0 Å². The van der Waals surface area contributed by atoms with Crippen molar-refractivity contribution in [2.24, 2.45) is 0 Å². The number of nitrogens with one attached hydrogen (secondary N) is 1. The molecular formula is C13H11Cl2NO2S. The van der Waals surface area contributed by atoms with E-state index >= 15 is 0 Å². The van der Waals surface area contributed by atoms with Crippen molar-refractivity contribution in [2.75, 3.05) is 4.72 Å². The monoisotopic (exact) mass is 315 g/mol. The van der Waals surface area contributed by atoms with Crippen molar-refractivity contribution in [3.05, 3.63) is 64.1 Å². The van der Waals surface area contributed by atoms with E-state index in [1.807, 2.05) is 6.07 Å². The summed E-state index contributed by atoms with van der Waals surface area (Å²) >= 11 is 11.7. The molecule has 0 aliphatic heterocycles. The quantitative estimate of drug-likeness (QED) is 0.929. The van der Waals surface area contributed by atoms with Crippen LogP contribution < -0.4 is 4.72 Å². The fourth-order valence-corrected chi connectivity index (χ4v) is 3.17. The van der Waals surface area contributed by atoms with Gasteiger partial charge in [0.15, 0.2) is 0 Å². The first-order chi connectivity index (χ1) is 8.96. The minimum absolute atomic E-state index is 0.114. The van der Waals surface area contributed by atoms with Gasteiger partial charge in [-0.15, -0.1) is 0 Å². The fourth-order valence-electron chi connectivity index (χ4n) is 1.57. The highest BCUT2D eigenvalue weighted by atomic mass is 35.5. The van der Waals surface area contributed by atoms with Crippen LogP contribution in [0.1, 0.15) is 5.56 Å². The Balaban J connectivity index is 2.20. The Hall–Kier alpha value is -1.23. The smallest absolute Gasteiger partial charge is 0.236 e. The number of sulfonamides is 1. The van der Waals surface area contributed by atoms with Gasteiger partial charge >= 0.3 is 0 Å². The van der Waals surface area contributed by atoms with Gasteiger partial charge in [-0.05, 0) is 23.8 Å². The van der Waals surface area contributed by atoms with E-state index in [1.54, 1.807) is 36.4 Å². The normalized spacial score (nSPS) is 11.3. The topological polar surface area (TPSA) is 46.2 Å². The van der Waals surface area contributed by atoms with Gasteiger partial charge in [0, 0.05) is 5.02 Å². The number of hydrogen-bond donors (Lipinski definition) is 1. The molecule has 0 aromatic heterocycles. The summed E-state index contributed by atoms with van der Waals surface area (Å²) in [6.07, 6.45) is 0. The third-order valence-electron chi connectivity index (χ3n) is 2.39. The lowest BCUT2D eigenvalue weighted by Gasteiger charge is -2.10. The maximum absolute atomic E-state index is 12.0. The Morgan fingerprint density at radius 3 is 2.37 bits per heavy atom. The van der Waals surface area contributed by atoms with Gasteiger partial charge in [-0.1, -0.05) is 53.5 Å². The second-order valence-corrected chi connectivity index (χ2v) is 6.54. The predicted molar refractivity (Wildman–Crippen MR) is 79.2 cm³/mol. The molecule has 19 heavy (non-hydrogen) atoms. The molecule has 0 aliphatic rings. The highest BCUT2D eigenvalue weighted by Gasteiger charge is 2.13. The first-order valence-corrected chi connectivity index (χ1v) is 7.86. The van der Waals surface area contributed by atoms with Crippen LogP contribution in [0.5, 0.6) is 0 Å². The molecule has 0 heterocycles. The molecule has 0 bridgehead atoms. The predicted octanol–water partition coefficient (Wildman–Crippen LogP) is 3.94. The van der Waals surface area contributed by atoms with Gasteiger partial charge in [-0.3, -0.25) is 4.72 Å². The number of benzene rings is 2. The van der Waals surface area contributed by atoms with Crippen LogP contribution >= 0.6 is 23.2 Å². The van der Waals surface area contributed by atoms with Gasteiger partial charge < -0.3 is 0 Å². The molecule has 2 aromatic carbocycles. The molecule has 0 atom stereocenters. The lowest BCUT2D eigenvalue weighted by Crippen LogP contribution is -2.15. The second-order valence-electron chi connectivity index (χ2n) is 3.97. The van der Waals surface area contributed by atoms with Gasteiger partial charge in [0.2, 0.25) is 10.0 Å². The second kappa shape index (κ2) is 5.82. The molecule has 0 saturated heterocycles. The highest BCUT2D eigenvalue weighted by molar-refractivity contribution is 7.91. The first-order valence-electron chi connectivity index (χ1n) is 5.46. The van der Waals surface area contributed by atoms with Crippen LogP contribution in [-0.4, -0.2) is 8.42 Å². The lowest BCUT2D eigenvalue weighted by molar-refractivity contribution is 0.600. The Labute approximate surface area is 122 Å². The Morgan fingerprint density at radius 1 is 1.00 bits per heavy atom. The van der Waals surface area contributed by atoms with E-state index in [2.05, 4.69) is 4.72 Å². The average Bonchev–Trinajstić information content (AvgIpc) is 2.34. The van der Waals surface area contributed by atoms with E-state index in [9.17, 15) is 8.42 Å². The maximum atomic E-state index is 12.0. The minimum atomic E-state index is -3.52. The number of halogens is 2. The standard InChI is InChI=1S/C13H11Cl2NO2S/c14-11-6-7-12(15)13(8-11)16-19(17,18)9-10-4-2-1-3-5-10/h1-8,16H,9H2. The highest BCUT2D eigenvalue weighted by Crippen LogP contribution is 2.26. The molecule has 6 heteroatoms. The maximum Gasteiger partial charge on any atom is 0.236 e. The Morgan fingerprint density at radius 2 is 1.68 bits per heavy atom. The molecule has 0 spiro atoms. The first kappa shape index (κ1) is 14.2. The number of anilines is 1. The zero-order chi connectivity index (χ0) is 13.9. The molecule has 2 rings (SSSR count). The van der Waals surface area contributed by atoms with Crippen LogP contribution in [0.4, 0.5) is 5.69 Å². The van der Waals surface area contributed by atoms with Gasteiger partial charge in [0.25, 0.3) is 0 Å². The summed E-state index contributed by atoms with van der Waals surface area (Å²) in [6, 6.07) is 13.5. The van der Waals surface area contributed by atoms with Crippen LogP contribution in [0.25, 0.3) is 0 Å². The van der Waals surface area contributed by atoms with E-state index in [0.29, 0.717) is 15.6 Å². The molecular weight excluding hydrogens is 305 g/mol. The molecule has 100 valence electrons. The van der Waals surface area contributed by atoms with Crippen LogP contribution in [0.2, 0.25) is 10.0 Å². The van der Waals surface area contributed by atoms with E-state index in [0.717, 1.165) is 0 Å². The van der Waals surface area contributed by atoms with Crippen molar-refractivity contribution < 1.29 is 8.42 Å². The molecule has 1 N–H and O–H groups in total. The fraction of sp³-hybridized carbons (Fsp3) is 0.0769. The van der Waals surface area contributed by atoms with Crippen molar-refractivity contribution in [2.45, 2.75) is 5.75 Å². The van der Waals surface area contributed by atoms with Crippen LogP contribution in [-0.2, 0) is 15.8 Å². The SMILES string of the molecule is O=S(=O)(Cc1ccccc1)Nc1cc(Cl)ccc1Cl. The molecule has 0 saturated carbocycles. The van der Waals surface area contributed by atoms with Gasteiger partial charge in [0.1, 0.15) is 0 Å².